The van der Waals surface area contributed by atoms with Crippen LogP contribution in [0.1, 0.15) is 57.1 Å². The minimum atomic E-state index is -0.590. The summed E-state index contributed by atoms with van der Waals surface area (Å²) in [5.41, 5.74) is 0.644. The number of aliphatic hydroxyl groups is 1. The number of aromatic nitrogens is 2. The van der Waals surface area contributed by atoms with Crippen molar-refractivity contribution < 1.29 is 9.90 Å². The highest BCUT2D eigenvalue weighted by atomic mass is 16.3. The fourth-order valence-corrected chi connectivity index (χ4v) is 1.89. The van der Waals surface area contributed by atoms with Crippen LogP contribution >= 0.6 is 0 Å². The van der Waals surface area contributed by atoms with E-state index >= 15 is 0 Å². The molecule has 0 aliphatic carbocycles. The summed E-state index contributed by atoms with van der Waals surface area (Å²) in [5.74, 6) is -0.189. The van der Waals surface area contributed by atoms with E-state index in [-0.39, 0.29) is 18.1 Å². The average Bonchev–Trinajstić information content (AvgIpc) is 2.70. The summed E-state index contributed by atoms with van der Waals surface area (Å²) in [5, 5.41) is 16.5. The first-order valence-corrected chi connectivity index (χ1v) is 6.63. The van der Waals surface area contributed by atoms with Crippen LogP contribution < -0.4 is 5.32 Å². The number of aliphatic hydroxyl groups excluding tert-OH is 1. The number of amides is 1. The number of hydrogen-bond acceptors (Lipinski definition) is 3. The molecule has 2 N–H and O–H groups in total. The van der Waals surface area contributed by atoms with Crippen molar-refractivity contribution in [3.63, 3.8) is 0 Å². The van der Waals surface area contributed by atoms with Gasteiger partial charge in [-0.2, -0.15) is 5.10 Å². The van der Waals surface area contributed by atoms with Crippen molar-refractivity contribution >= 4 is 5.91 Å². The highest BCUT2D eigenvalue weighted by Gasteiger charge is 2.27. The van der Waals surface area contributed by atoms with Gasteiger partial charge in [-0.15, -0.1) is 0 Å². The molecular weight excluding hydrogens is 242 g/mol. The first kappa shape index (κ1) is 15.7. The third kappa shape index (κ3) is 3.35. The SMILES string of the molecule is CC[C@](C)(CO)NC(=O)c1cnn(C(C)(C)C)c1C. The molecule has 0 aliphatic heterocycles. The summed E-state index contributed by atoms with van der Waals surface area (Å²) < 4.78 is 1.84. The number of nitrogens with one attached hydrogen (secondary N) is 1. The Labute approximate surface area is 115 Å². The van der Waals surface area contributed by atoms with E-state index < -0.39 is 5.54 Å². The van der Waals surface area contributed by atoms with Crippen LogP contribution in [0.5, 0.6) is 0 Å². The van der Waals surface area contributed by atoms with Gasteiger partial charge in [0.1, 0.15) is 0 Å². The monoisotopic (exact) mass is 267 g/mol. The van der Waals surface area contributed by atoms with Crippen molar-refractivity contribution in [2.75, 3.05) is 6.61 Å². The Kier molecular flexibility index (Phi) is 4.40. The molecule has 0 saturated heterocycles. The molecule has 1 rings (SSSR count). The minimum Gasteiger partial charge on any atom is -0.394 e. The summed E-state index contributed by atoms with van der Waals surface area (Å²) >= 11 is 0. The zero-order valence-electron chi connectivity index (χ0n) is 12.7. The molecule has 0 saturated carbocycles. The Morgan fingerprint density at radius 2 is 2.00 bits per heavy atom. The van der Waals surface area contributed by atoms with Crippen molar-refractivity contribution in [3.8, 4) is 0 Å². The molecule has 0 aliphatic rings. The lowest BCUT2D eigenvalue weighted by molar-refractivity contribution is 0.0846. The van der Waals surface area contributed by atoms with Crippen LogP contribution in [0.4, 0.5) is 0 Å². The zero-order valence-corrected chi connectivity index (χ0v) is 12.7. The van der Waals surface area contributed by atoms with Crippen LogP contribution in [0.3, 0.4) is 0 Å². The van der Waals surface area contributed by atoms with Crippen molar-refractivity contribution in [1.29, 1.82) is 0 Å². The van der Waals surface area contributed by atoms with Gasteiger partial charge >= 0.3 is 0 Å². The highest BCUT2D eigenvalue weighted by molar-refractivity contribution is 5.95. The molecule has 0 fully saturated rings. The van der Waals surface area contributed by atoms with Gasteiger partial charge in [-0.05, 0) is 41.0 Å². The molecule has 0 bridgehead atoms. The highest BCUT2D eigenvalue weighted by Crippen LogP contribution is 2.19. The number of rotatable bonds is 4. The first-order chi connectivity index (χ1) is 8.64. The Balaban J connectivity index is 3.00. The van der Waals surface area contributed by atoms with Gasteiger partial charge in [-0.1, -0.05) is 6.92 Å². The van der Waals surface area contributed by atoms with Gasteiger partial charge in [0.15, 0.2) is 0 Å². The van der Waals surface area contributed by atoms with E-state index in [9.17, 15) is 9.90 Å². The fourth-order valence-electron chi connectivity index (χ4n) is 1.89. The molecule has 5 heteroatoms. The predicted molar refractivity (Wildman–Crippen MR) is 75.2 cm³/mol. The molecule has 1 aromatic rings. The third-order valence-corrected chi connectivity index (χ3v) is 3.43. The standard InChI is InChI=1S/C14H25N3O2/c1-7-14(6,9-18)16-12(19)11-8-15-17(10(11)2)13(3,4)5/h8,18H,7,9H2,1-6H3,(H,16,19)/t14-/m1/s1. The van der Waals surface area contributed by atoms with Gasteiger partial charge < -0.3 is 10.4 Å². The average molecular weight is 267 g/mol. The molecule has 0 radical (unpaired) electrons. The second kappa shape index (κ2) is 5.33. The summed E-state index contributed by atoms with van der Waals surface area (Å²) in [6, 6.07) is 0. The third-order valence-electron chi connectivity index (χ3n) is 3.43. The van der Waals surface area contributed by atoms with Gasteiger partial charge in [0, 0.05) is 5.69 Å². The van der Waals surface area contributed by atoms with Gasteiger partial charge in [-0.25, -0.2) is 0 Å². The maximum atomic E-state index is 12.3. The van der Waals surface area contributed by atoms with Crippen LogP contribution in [0.25, 0.3) is 0 Å². The summed E-state index contributed by atoms with van der Waals surface area (Å²) in [4.78, 5) is 12.3. The maximum Gasteiger partial charge on any atom is 0.255 e. The molecule has 1 atom stereocenters. The van der Waals surface area contributed by atoms with E-state index in [0.29, 0.717) is 12.0 Å². The summed E-state index contributed by atoms with van der Waals surface area (Å²) in [7, 11) is 0. The molecule has 108 valence electrons. The molecule has 1 amide bonds. The van der Waals surface area contributed by atoms with E-state index in [1.54, 1.807) is 6.20 Å². The van der Waals surface area contributed by atoms with Crippen molar-refractivity contribution in [1.82, 2.24) is 15.1 Å². The summed E-state index contributed by atoms with van der Waals surface area (Å²) in [6.45, 7) is 11.7. The number of carbonyl (C=O) groups excluding carboxylic acids is 1. The first-order valence-electron chi connectivity index (χ1n) is 6.63. The molecular formula is C14H25N3O2. The van der Waals surface area contributed by atoms with Crippen molar-refractivity contribution in [2.45, 2.75) is 59.0 Å². The molecule has 5 nitrogen and oxygen atoms in total. The van der Waals surface area contributed by atoms with Crippen LogP contribution in [0.2, 0.25) is 0 Å². The van der Waals surface area contributed by atoms with Gasteiger partial charge in [-0.3, -0.25) is 9.48 Å². The van der Waals surface area contributed by atoms with Crippen LogP contribution in [-0.2, 0) is 5.54 Å². The molecule has 0 aromatic carbocycles. The second-order valence-electron chi connectivity index (χ2n) is 6.25. The minimum absolute atomic E-state index is 0.0817. The predicted octanol–water partition coefficient (Wildman–Crippen LogP) is 1.84. The largest absolute Gasteiger partial charge is 0.394 e. The molecule has 0 unspecified atom stereocenters. The van der Waals surface area contributed by atoms with Crippen LogP contribution in [0.15, 0.2) is 6.20 Å². The fraction of sp³-hybridized carbons (Fsp3) is 0.714. The lowest BCUT2D eigenvalue weighted by Gasteiger charge is -2.27. The van der Waals surface area contributed by atoms with E-state index in [1.807, 2.05) is 46.2 Å². The number of nitrogens with zero attached hydrogens (tertiary/aromatic N) is 2. The lowest BCUT2D eigenvalue weighted by Crippen LogP contribution is -2.48. The number of carbonyl (C=O) groups is 1. The summed E-state index contributed by atoms with van der Waals surface area (Å²) in [6.07, 6.45) is 2.26. The molecule has 0 spiro atoms. The van der Waals surface area contributed by atoms with E-state index in [1.165, 1.54) is 0 Å². The number of hydrogen-bond donors (Lipinski definition) is 2. The Morgan fingerprint density at radius 3 is 2.37 bits per heavy atom. The smallest absolute Gasteiger partial charge is 0.255 e. The van der Waals surface area contributed by atoms with Gasteiger partial charge in [0.2, 0.25) is 0 Å². The quantitative estimate of drug-likeness (QED) is 0.874. The van der Waals surface area contributed by atoms with Gasteiger partial charge in [0.05, 0.1) is 29.4 Å². The second-order valence-corrected chi connectivity index (χ2v) is 6.25. The van der Waals surface area contributed by atoms with E-state index in [2.05, 4.69) is 10.4 Å². The van der Waals surface area contributed by atoms with Gasteiger partial charge in [0.25, 0.3) is 5.91 Å². The van der Waals surface area contributed by atoms with Crippen molar-refractivity contribution in [2.24, 2.45) is 0 Å². The zero-order chi connectivity index (χ0) is 14.8. The molecule has 1 aromatic heterocycles. The van der Waals surface area contributed by atoms with E-state index in [0.717, 1.165) is 5.69 Å². The Bertz CT molecular complexity index is 454. The normalized spacial score (nSPS) is 15.1. The van der Waals surface area contributed by atoms with Crippen LogP contribution in [-0.4, -0.2) is 32.9 Å². The topological polar surface area (TPSA) is 67.2 Å². The maximum absolute atomic E-state index is 12.3. The Morgan fingerprint density at radius 1 is 1.42 bits per heavy atom. The van der Waals surface area contributed by atoms with Crippen LogP contribution in [0, 0.1) is 6.92 Å². The van der Waals surface area contributed by atoms with E-state index in [4.69, 9.17) is 0 Å². The molecule has 19 heavy (non-hydrogen) atoms. The Hall–Kier alpha value is -1.36. The van der Waals surface area contributed by atoms with Crippen molar-refractivity contribution in [3.05, 3.63) is 17.5 Å². The lowest BCUT2D eigenvalue weighted by atomic mass is 9.99. The molecule has 1 heterocycles.